The lowest BCUT2D eigenvalue weighted by Crippen LogP contribution is -2.66. The van der Waals surface area contributed by atoms with Crippen molar-refractivity contribution < 1.29 is 34.3 Å². The van der Waals surface area contributed by atoms with Gasteiger partial charge in [0.25, 0.3) is 0 Å². The van der Waals surface area contributed by atoms with Crippen LogP contribution in [0.3, 0.4) is 0 Å². The number of fused-ring (bicyclic) bond motifs is 2. The molecule has 1 aromatic rings. The topological polar surface area (TPSA) is 109 Å². The van der Waals surface area contributed by atoms with Gasteiger partial charge in [0.1, 0.15) is 18.3 Å². The zero-order valence-electron chi connectivity index (χ0n) is 19.0. The van der Waals surface area contributed by atoms with Crippen molar-refractivity contribution in [3.63, 3.8) is 0 Å². The molecular weight excluding hydrogens is 482 g/mol. The van der Waals surface area contributed by atoms with Crippen LogP contribution in [0.2, 0.25) is 0 Å². The number of rotatable bonds is 4. The van der Waals surface area contributed by atoms with Gasteiger partial charge < -0.3 is 34.4 Å². The molecule has 34 heavy (non-hydrogen) atoms. The number of allylic oxidation sites excluding steroid dienone is 3. The lowest BCUT2D eigenvalue weighted by molar-refractivity contribution is -0.356. The number of morpholine rings is 1. The summed E-state index contributed by atoms with van der Waals surface area (Å²) in [5.41, 5.74) is 1.89. The molecule has 3 N–H and O–H groups in total. The van der Waals surface area contributed by atoms with E-state index in [1.165, 1.54) is 0 Å². The van der Waals surface area contributed by atoms with Crippen LogP contribution in [0.1, 0.15) is 23.1 Å². The van der Waals surface area contributed by atoms with E-state index in [0.717, 1.165) is 20.9 Å². The summed E-state index contributed by atoms with van der Waals surface area (Å²) in [4.78, 5) is 16.5. The number of thiophene rings is 1. The van der Waals surface area contributed by atoms with Crippen LogP contribution in [0.25, 0.3) is 0 Å². The molecule has 1 aromatic heterocycles. The minimum atomic E-state index is -1.42. The maximum Gasteiger partial charge on any atom is 0.227 e. The van der Waals surface area contributed by atoms with E-state index in [0.29, 0.717) is 50.6 Å². The highest BCUT2D eigenvalue weighted by molar-refractivity contribution is 7.12. The van der Waals surface area contributed by atoms with Crippen LogP contribution in [0.15, 0.2) is 34.4 Å². The normalized spacial score (nSPS) is 36.1. The molecule has 0 aromatic carbocycles. The largest absolute Gasteiger partial charge is 0.388 e. The van der Waals surface area contributed by atoms with Gasteiger partial charge in [-0.1, -0.05) is 11.6 Å². The van der Waals surface area contributed by atoms with Crippen LogP contribution >= 0.6 is 22.9 Å². The molecule has 6 atom stereocenters. The van der Waals surface area contributed by atoms with Crippen molar-refractivity contribution in [3.8, 4) is 0 Å². The number of aliphatic hydroxyl groups excluding tert-OH is 3. The Bertz CT molecular complexity index is 1000. The van der Waals surface area contributed by atoms with Gasteiger partial charge >= 0.3 is 0 Å². The third-order valence-electron chi connectivity index (χ3n) is 7.23. The van der Waals surface area contributed by atoms with Crippen molar-refractivity contribution in [2.45, 2.75) is 56.4 Å². The molecule has 4 aliphatic rings. The fourth-order valence-electron chi connectivity index (χ4n) is 5.27. The first kappa shape index (κ1) is 24.4. The molecule has 0 saturated carbocycles. The predicted molar refractivity (Wildman–Crippen MR) is 125 cm³/mol. The molecule has 10 heteroatoms. The summed E-state index contributed by atoms with van der Waals surface area (Å²) in [6.45, 7) is 4.35. The minimum absolute atomic E-state index is 0.113. The third-order valence-corrected chi connectivity index (χ3v) is 8.69. The molecule has 0 bridgehead atoms. The Kier molecular flexibility index (Phi) is 6.91. The molecule has 0 radical (unpaired) electrons. The monoisotopic (exact) mass is 511 g/mol. The molecular formula is C24H30ClNO7S. The molecule has 1 amide bonds. The fraction of sp³-hybridized carbons (Fsp3) is 0.625. The van der Waals surface area contributed by atoms with Crippen molar-refractivity contribution in [1.29, 1.82) is 0 Å². The van der Waals surface area contributed by atoms with Crippen LogP contribution in [-0.4, -0.2) is 89.2 Å². The second-order valence-corrected chi connectivity index (χ2v) is 11.1. The summed E-state index contributed by atoms with van der Waals surface area (Å²) in [5.74, 6) is -1.62. The average Bonchev–Trinajstić information content (AvgIpc) is 3.42. The van der Waals surface area contributed by atoms with Crippen LogP contribution in [-0.2, 0) is 31.8 Å². The molecule has 3 aliphatic heterocycles. The van der Waals surface area contributed by atoms with Gasteiger partial charge in [0.2, 0.25) is 11.7 Å². The standard InChI is InChI=1S/C24H30ClNO7S/c1-13-21(28)22(29)23(30)24(33-13)18-9-14(19(25)10-15(18)12-32-24)8-16-2-3-17(34-16)11-20(27)26-4-6-31-7-5-26/h2-3,10,13,18,21-23,28-30H,4-9,11-12H2,1H3/t13-,18?,21-,22+,23-,24+/m1/s1. The summed E-state index contributed by atoms with van der Waals surface area (Å²) < 4.78 is 17.3. The minimum Gasteiger partial charge on any atom is -0.388 e. The molecule has 8 nitrogen and oxygen atoms in total. The van der Waals surface area contributed by atoms with Crippen LogP contribution in [0.4, 0.5) is 0 Å². The van der Waals surface area contributed by atoms with E-state index < -0.39 is 30.2 Å². The summed E-state index contributed by atoms with van der Waals surface area (Å²) in [5, 5.41) is 32.0. The first-order valence-electron chi connectivity index (χ1n) is 11.7. The Morgan fingerprint density at radius 3 is 2.71 bits per heavy atom. The molecule has 3 fully saturated rings. The highest BCUT2D eigenvalue weighted by Gasteiger charge is 2.61. The van der Waals surface area contributed by atoms with Crippen molar-refractivity contribution in [3.05, 3.63) is 44.1 Å². The van der Waals surface area contributed by atoms with Crippen molar-refractivity contribution in [2.24, 2.45) is 5.92 Å². The molecule has 3 saturated heterocycles. The number of aliphatic hydroxyl groups is 3. The van der Waals surface area contributed by atoms with Gasteiger partial charge in [0.05, 0.1) is 32.3 Å². The van der Waals surface area contributed by atoms with Crippen molar-refractivity contribution in [1.82, 2.24) is 4.90 Å². The summed E-state index contributed by atoms with van der Waals surface area (Å²) >= 11 is 8.22. The van der Waals surface area contributed by atoms with Crippen LogP contribution < -0.4 is 0 Å². The Morgan fingerprint density at radius 1 is 1.21 bits per heavy atom. The quantitative estimate of drug-likeness (QED) is 0.560. The Labute approximate surface area is 207 Å². The van der Waals surface area contributed by atoms with Gasteiger partial charge in [-0.25, -0.2) is 0 Å². The fourth-order valence-corrected chi connectivity index (χ4v) is 6.61. The van der Waals surface area contributed by atoms with Gasteiger partial charge in [-0.3, -0.25) is 4.79 Å². The van der Waals surface area contributed by atoms with Gasteiger partial charge in [0, 0.05) is 40.2 Å². The van der Waals surface area contributed by atoms with Crippen molar-refractivity contribution >= 4 is 28.8 Å². The van der Waals surface area contributed by atoms with E-state index in [2.05, 4.69) is 0 Å². The van der Waals surface area contributed by atoms with E-state index >= 15 is 0 Å². The van der Waals surface area contributed by atoms with Gasteiger partial charge in [-0.05, 0) is 42.7 Å². The highest BCUT2D eigenvalue weighted by atomic mass is 35.5. The van der Waals surface area contributed by atoms with Gasteiger partial charge in [-0.2, -0.15) is 0 Å². The van der Waals surface area contributed by atoms with E-state index in [1.807, 2.05) is 23.1 Å². The Balaban J connectivity index is 1.29. The summed E-state index contributed by atoms with van der Waals surface area (Å²) in [6, 6.07) is 4.02. The third kappa shape index (κ3) is 4.37. The lowest BCUT2D eigenvalue weighted by Gasteiger charge is -2.48. The van der Waals surface area contributed by atoms with Crippen molar-refractivity contribution in [2.75, 3.05) is 32.9 Å². The maximum atomic E-state index is 12.6. The summed E-state index contributed by atoms with van der Waals surface area (Å²) in [7, 11) is 0. The van der Waals surface area contributed by atoms with Gasteiger partial charge in [-0.15, -0.1) is 11.3 Å². The van der Waals surface area contributed by atoms with Gasteiger partial charge in [0.15, 0.2) is 0 Å². The SMILES string of the molecule is C[C@H]1O[C@]2(OCC3=CC(Cl)=C(Cc4ccc(CC(=O)N5CCOCC5)s4)CC32)[C@H](O)[C@@H](O)[C@@H]1O. The number of amides is 1. The summed E-state index contributed by atoms with van der Waals surface area (Å²) in [6.07, 6.45) is -1.26. The Morgan fingerprint density at radius 2 is 1.94 bits per heavy atom. The number of carbonyl (C=O) groups is 1. The first-order valence-corrected chi connectivity index (χ1v) is 12.8. The average molecular weight is 512 g/mol. The van der Waals surface area contributed by atoms with E-state index in [9.17, 15) is 20.1 Å². The van der Waals surface area contributed by atoms with E-state index in [4.69, 9.17) is 25.8 Å². The number of carbonyl (C=O) groups excluding carboxylic acids is 1. The first-order chi connectivity index (χ1) is 16.3. The zero-order chi connectivity index (χ0) is 24.0. The number of halogens is 1. The number of ether oxygens (including phenoxy) is 3. The van der Waals surface area contributed by atoms with E-state index in [1.54, 1.807) is 18.3 Å². The lowest BCUT2D eigenvalue weighted by atomic mass is 9.77. The van der Waals surface area contributed by atoms with E-state index in [-0.39, 0.29) is 18.4 Å². The highest BCUT2D eigenvalue weighted by Crippen LogP contribution is 2.50. The molecule has 1 aliphatic carbocycles. The molecule has 186 valence electrons. The smallest absolute Gasteiger partial charge is 0.227 e. The predicted octanol–water partition coefficient (Wildman–Crippen LogP) is 1.36. The number of hydrogen-bond acceptors (Lipinski definition) is 8. The molecule has 5 rings (SSSR count). The molecule has 1 unspecified atom stereocenters. The molecule has 1 spiro atoms. The second kappa shape index (κ2) is 9.63. The number of nitrogens with zero attached hydrogens (tertiary/aromatic N) is 1. The maximum absolute atomic E-state index is 12.6. The Hall–Kier alpha value is -1.30. The number of hydrogen-bond donors (Lipinski definition) is 3. The van der Waals surface area contributed by atoms with Crippen LogP contribution in [0, 0.1) is 5.92 Å². The molecule has 4 heterocycles. The zero-order valence-corrected chi connectivity index (χ0v) is 20.6. The van der Waals surface area contributed by atoms with Crippen LogP contribution in [0.5, 0.6) is 0 Å². The second-order valence-electron chi connectivity index (χ2n) is 9.40.